The Bertz CT molecular complexity index is 495. The highest BCUT2D eigenvalue weighted by Crippen LogP contribution is 2.15. The fraction of sp³-hybridized carbons (Fsp3) is 0.286. The van der Waals surface area contributed by atoms with Crippen LogP contribution in [0.1, 0.15) is 20.3 Å². The van der Waals surface area contributed by atoms with Crippen molar-refractivity contribution in [3.8, 4) is 0 Å². The zero-order chi connectivity index (χ0) is 14.3. The van der Waals surface area contributed by atoms with E-state index in [4.69, 9.17) is 5.11 Å². The van der Waals surface area contributed by atoms with E-state index in [1.165, 1.54) is 6.92 Å². The quantitative estimate of drug-likeness (QED) is 0.688. The molecule has 102 valence electrons. The van der Waals surface area contributed by atoms with Crippen LogP contribution in [-0.4, -0.2) is 23.5 Å². The smallest absolute Gasteiger partial charge is 0.331 e. The number of carboxylic acid groups (broad SMARTS) is 1. The molecule has 0 aromatic heterocycles. The highest BCUT2D eigenvalue weighted by atomic mass is 16.4. The van der Waals surface area contributed by atoms with E-state index in [0.717, 1.165) is 5.69 Å². The van der Waals surface area contributed by atoms with Crippen molar-refractivity contribution in [2.75, 3.05) is 17.2 Å². The summed E-state index contributed by atoms with van der Waals surface area (Å²) in [6.07, 6.45) is 2.14. The average molecular weight is 262 g/mol. The van der Waals surface area contributed by atoms with Crippen LogP contribution in [0.4, 0.5) is 11.4 Å². The molecule has 0 saturated heterocycles. The lowest BCUT2D eigenvalue weighted by Gasteiger charge is -2.07. The number of carbonyl (C=O) groups excluding carboxylic acids is 1. The Labute approximate surface area is 112 Å². The third-order valence-corrected chi connectivity index (χ3v) is 2.49. The van der Waals surface area contributed by atoms with Crippen LogP contribution >= 0.6 is 0 Å². The predicted octanol–water partition coefficient (Wildman–Crippen LogP) is 2.48. The molecule has 3 N–H and O–H groups in total. The minimum absolute atomic E-state index is 0.129. The molecule has 0 fully saturated rings. The first-order chi connectivity index (χ1) is 9.02. The lowest BCUT2D eigenvalue weighted by Crippen LogP contribution is -2.07. The first-order valence-electron chi connectivity index (χ1n) is 6.06. The van der Waals surface area contributed by atoms with Crippen molar-refractivity contribution in [2.24, 2.45) is 0 Å². The standard InChI is InChI=1S/C14H18N2O3/c1-3-11(14(18)19)7-8-15-12-5-4-6-13(9-12)16-10(2)17/h4-7,9,15H,3,8H2,1-2H3,(H,16,17)(H,18,19)/b11-7-. The van der Waals surface area contributed by atoms with Crippen LogP contribution in [0.5, 0.6) is 0 Å². The number of carboxylic acids is 1. The molecular formula is C14H18N2O3. The summed E-state index contributed by atoms with van der Waals surface area (Å²) in [4.78, 5) is 21.7. The van der Waals surface area contributed by atoms with Gasteiger partial charge in [-0.3, -0.25) is 4.79 Å². The summed E-state index contributed by atoms with van der Waals surface area (Å²) in [5.74, 6) is -1.02. The Hall–Kier alpha value is -2.30. The van der Waals surface area contributed by atoms with E-state index in [0.29, 0.717) is 24.2 Å². The summed E-state index contributed by atoms with van der Waals surface area (Å²) in [5, 5.41) is 14.6. The molecule has 0 unspecified atom stereocenters. The van der Waals surface area contributed by atoms with Crippen molar-refractivity contribution >= 4 is 23.3 Å². The van der Waals surface area contributed by atoms with E-state index in [2.05, 4.69) is 10.6 Å². The van der Waals surface area contributed by atoms with Gasteiger partial charge >= 0.3 is 5.97 Å². The number of hydrogen-bond acceptors (Lipinski definition) is 3. The summed E-state index contributed by atoms with van der Waals surface area (Å²) >= 11 is 0. The number of aliphatic carboxylic acids is 1. The summed E-state index contributed by atoms with van der Waals surface area (Å²) in [7, 11) is 0. The van der Waals surface area contributed by atoms with Gasteiger partial charge in [0.1, 0.15) is 0 Å². The van der Waals surface area contributed by atoms with Gasteiger partial charge in [0.2, 0.25) is 5.91 Å². The Morgan fingerprint density at radius 1 is 1.32 bits per heavy atom. The Balaban J connectivity index is 2.63. The number of anilines is 2. The topological polar surface area (TPSA) is 78.4 Å². The van der Waals surface area contributed by atoms with Crippen molar-refractivity contribution in [3.63, 3.8) is 0 Å². The summed E-state index contributed by atoms with van der Waals surface area (Å²) < 4.78 is 0. The molecular weight excluding hydrogens is 244 g/mol. The number of rotatable bonds is 6. The lowest BCUT2D eigenvalue weighted by molar-refractivity contribution is -0.132. The number of benzene rings is 1. The molecule has 0 aliphatic carbocycles. The van der Waals surface area contributed by atoms with Crippen molar-refractivity contribution in [1.29, 1.82) is 0 Å². The van der Waals surface area contributed by atoms with Crippen molar-refractivity contribution in [2.45, 2.75) is 20.3 Å². The highest BCUT2D eigenvalue weighted by molar-refractivity contribution is 5.89. The maximum atomic E-state index is 10.9. The second-order valence-corrected chi connectivity index (χ2v) is 4.03. The van der Waals surface area contributed by atoms with Crippen LogP contribution in [0.25, 0.3) is 0 Å². The van der Waals surface area contributed by atoms with Crippen molar-refractivity contribution in [3.05, 3.63) is 35.9 Å². The summed E-state index contributed by atoms with van der Waals surface area (Å²) in [6.45, 7) is 3.68. The zero-order valence-electron chi connectivity index (χ0n) is 11.1. The van der Waals surface area contributed by atoms with Gasteiger partial charge in [-0.1, -0.05) is 19.1 Å². The van der Waals surface area contributed by atoms with Crippen LogP contribution in [0.3, 0.4) is 0 Å². The maximum Gasteiger partial charge on any atom is 0.331 e. The normalized spacial score (nSPS) is 10.9. The number of carbonyl (C=O) groups is 2. The molecule has 5 nitrogen and oxygen atoms in total. The zero-order valence-corrected chi connectivity index (χ0v) is 11.1. The molecule has 1 aromatic rings. The minimum atomic E-state index is -0.892. The molecule has 1 amide bonds. The molecule has 0 heterocycles. The molecule has 5 heteroatoms. The largest absolute Gasteiger partial charge is 0.478 e. The van der Waals surface area contributed by atoms with E-state index in [9.17, 15) is 9.59 Å². The second kappa shape index (κ2) is 7.20. The van der Waals surface area contributed by atoms with Gasteiger partial charge in [-0.2, -0.15) is 0 Å². The van der Waals surface area contributed by atoms with Crippen molar-refractivity contribution < 1.29 is 14.7 Å². The third kappa shape index (κ3) is 5.25. The highest BCUT2D eigenvalue weighted by Gasteiger charge is 2.02. The predicted molar refractivity (Wildman–Crippen MR) is 75.2 cm³/mol. The number of nitrogens with one attached hydrogen (secondary N) is 2. The minimum Gasteiger partial charge on any atom is -0.478 e. The van der Waals surface area contributed by atoms with Crippen molar-refractivity contribution in [1.82, 2.24) is 0 Å². The first kappa shape index (κ1) is 14.8. The van der Waals surface area contributed by atoms with E-state index < -0.39 is 5.97 Å². The lowest BCUT2D eigenvalue weighted by atomic mass is 10.2. The molecule has 1 aromatic carbocycles. The Morgan fingerprint density at radius 2 is 2.00 bits per heavy atom. The van der Waals surface area contributed by atoms with Gasteiger partial charge in [-0.05, 0) is 24.6 Å². The van der Waals surface area contributed by atoms with E-state index in [1.807, 2.05) is 12.1 Å². The van der Waals surface area contributed by atoms with Gasteiger partial charge in [-0.25, -0.2) is 4.79 Å². The van der Waals surface area contributed by atoms with Gasteiger partial charge in [0.25, 0.3) is 0 Å². The Morgan fingerprint density at radius 3 is 2.58 bits per heavy atom. The SMILES string of the molecule is CC/C(=C/CNc1cccc(NC(C)=O)c1)C(=O)O. The van der Waals surface area contributed by atoms with Crippen LogP contribution in [-0.2, 0) is 9.59 Å². The van der Waals surface area contributed by atoms with E-state index >= 15 is 0 Å². The fourth-order valence-corrected chi connectivity index (χ4v) is 1.59. The monoisotopic (exact) mass is 262 g/mol. The third-order valence-electron chi connectivity index (χ3n) is 2.49. The molecule has 0 atom stereocenters. The molecule has 0 radical (unpaired) electrons. The van der Waals surface area contributed by atoms with Crippen LogP contribution < -0.4 is 10.6 Å². The first-order valence-corrected chi connectivity index (χ1v) is 6.06. The maximum absolute atomic E-state index is 10.9. The summed E-state index contributed by atoms with van der Waals surface area (Å²) in [6, 6.07) is 7.25. The van der Waals surface area contributed by atoms with Crippen LogP contribution in [0.2, 0.25) is 0 Å². The van der Waals surface area contributed by atoms with Gasteiger partial charge in [0, 0.05) is 30.4 Å². The fourth-order valence-electron chi connectivity index (χ4n) is 1.59. The molecule has 1 rings (SSSR count). The van der Waals surface area contributed by atoms with E-state index in [-0.39, 0.29) is 5.91 Å². The second-order valence-electron chi connectivity index (χ2n) is 4.03. The van der Waals surface area contributed by atoms with Gasteiger partial charge < -0.3 is 15.7 Å². The van der Waals surface area contributed by atoms with Crippen LogP contribution in [0.15, 0.2) is 35.9 Å². The molecule has 0 saturated carbocycles. The van der Waals surface area contributed by atoms with E-state index in [1.54, 1.807) is 25.1 Å². The van der Waals surface area contributed by atoms with Gasteiger partial charge in [-0.15, -0.1) is 0 Å². The number of amides is 1. The molecule has 0 aliphatic heterocycles. The van der Waals surface area contributed by atoms with Gasteiger partial charge in [0.05, 0.1) is 0 Å². The average Bonchev–Trinajstić information content (AvgIpc) is 2.34. The Kier molecular flexibility index (Phi) is 5.60. The number of hydrogen-bond donors (Lipinski definition) is 3. The summed E-state index contributed by atoms with van der Waals surface area (Å²) in [5.41, 5.74) is 1.91. The molecule has 19 heavy (non-hydrogen) atoms. The van der Waals surface area contributed by atoms with Gasteiger partial charge in [0.15, 0.2) is 0 Å². The van der Waals surface area contributed by atoms with Crippen LogP contribution in [0, 0.1) is 0 Å². The molecule has 0 aliphatic rings. The molecule has 0 spiro atoms. The molecule has 0 bridgehead atoms.